The second-order valence-electron chi connectivity index (χ2n) is 5.06. The van der Waals surface area contributed by atoms with Crippen LogP contribution in [0, 0.1) is 6.92 Å². The summed E-state index contributed by atoms with van der Waals surface area (Å²) < 4.78 is 5.43. The first kappa shape index (κ1) is 12.9. The fraction of sp³-hybridized carbons (Fsp3) is 0.375. The van der Waals surface area contributed by atoms with Gasteiger partial charge < -0.3 is 9.52 Å². The van der Waals surface area contributed by atoms with E-state index in [-0.39, 0.29) is 0 Å². The van der Waals surface area contributed by atoms with Crippen LogP contribution in [-0.2, 0) is 6.42 Å². The molecule has 2 rings (SSSR count). The van der Waals surface area contributed by atoms with Crippen molar-refractivity contribution >= 4 is 0 Å². The molecule has 0 saturated heterocycles. The van der Waals surface area contributed by atoms with Gasteiger partial charge in [-0.25, -0.2) is 0 Å². The Morgan fingerprint density at radius 1 is 1.06 bits per heavy atom. The van der Waals surface area contributed by atoms with Crippen molar-refractivity contribution in [1.29, 1.82) is 0 Å². The van der Waals surface area contributed by atoms with Gasteiger partial charge in [0.25, 0.3) is 0 Å². The molecule has 96 valence electrons. The molecule has 2 aromatic rings. The van der Waals surface area contributed by atoms with Crippen LogP contribution in [0.25, 0.3) is 0 Å². The predicted molar refractivity (Wildman–Crippen MR) is 72.6 cm³/mol. The van der Waals surface area contributed by atoms with E-state index < -0.39 is 6.10 Å². The highest BCUT2D eigenvalue weighted by Crippen LogP contribution is 2.22. The molecule has 1 N–H and O–H groups in total. The number of aryl methyl sites for hydroxylation is 1. The third-order valence-corrected chi connectivity index (χ3v) is 3.17. The van der Waals surface area contributed by atoms with Crippen molar-refractivity contribution in [1.82, 2.24) is 0 Å². The molecule has 1 aromatic heterocycles. The van der Waals surface area contributed by atoms with Crippen LogP contribution in [0.2, 0.25) is 0 Å². The van der Waals surface area contributed by atoms with E-state index in [9.17, 15) is 5.11 Å². The average Bonchev–Trinajstić information content (AvgIpc) is 2.76. The topological polar surface area (TPSA) is 33.4 Å². The fourth-order valence-electron chi connectivity index (χ4n) is 1.99. The van der Waals surface area contributed by atoms with Gasteiger partial charge in [-0.3, -0.25) is 0 Å². The maximum atomic E-state index is 10.1. The summed E-state index contributed by atoms with van der Waals surface area (Å²) in [7, 11) is 0. The smallest absolute Gasteiger partial charge is 0.132 e. The Morgan fingerprint density at radius 2 is 1.72 bits per heavy atom. The highest BCUT2D eigenvalue weighted by atomic mass is 16.4. The van der Waals surface area contributed by atoms with E-state index in [0.29, 0.717) is 18.1 Å². The Kier molecular flexibility index (Phi) is 3.87. The number of hydrogen-bond acceptors (Lipinski definition) is 2. The van der Waals surface area contributed by atoms with Crippen LogP contribution in [0.1, 0.15) is 48.5 Å². The summed E-state index contributed by atoms with van der Waals surface area (Å²) >= 11 is 0. The van der Waals surface area contributed by atoms with Crippen molar-refractivity contribution in [2.45, 2.75) is 39.2 Å². The van der Waals surface area contributed by atoms with Gasteiger partial charge in [0.2, 0.25) is 0 Å². The molecule has 1 aromatic carbocycles. The molecule has 0 aliphatic heterocycles. The molecule has 2 nitrogen and oxygen atoms in total. The summed E-state index contributed by atoms with van der Waals surface area (Å²) in [4.78, 5) is 0. The monoisotopic (exact) mass is 244 g/mol. The zero-order valence-corrected chi connectivity index (χ0v) is 11.2. The number of furan rings is 1. The van der Waals surface area contributed by atoms with E-state index in [1.54, 1.807) is 0 Å². The average molecular weight is 244 g/mol. The molecule has 0 fully saturated rings. The molecule has 0 saturated carbocycles. The van der Waals surface area contributed by atoms with Crippen molar-refractivity contribution in [3.63, 3.8) is 0 Å². The minimum atomic E-state index is -0.566. The number of benzene rings is 1. The molecule has 0 spiro atoms. The zero-order valence-electron chi connectivity index (χ0n) is 11.2. The van der Waals surface area contributed by atoms with E-state index in [4.69, 9.17) is 4.42 Å². The van der Waals surface area contributed by atoms with Gasteiger partial charge >= 0.3 is 0 Å². The van der Waals surface area contributed by atoms with Crippen LogP contribution in [0.5, 0.6) is 0 Å². The molecule has 0 aliphatic carbocycles. The summed E-state index contributed by atoms with van der Waals surface area (Å²) in [6.07, 6.45) is 0.0225. The van der Waals surface area contributed by atoms with Gasteiger partial charge in [0.1, 0.15) is 17.6 Å². The first-order chi connectivity index (χ1) is 8.56. The molecule has 0 radical (unpaired) electrons. The Balaban J connectivity index is 2.05. The van der Waals surface area contributed by atoms with Gasteiger partial charge in [0.05, 0.1) is 0 Å². The molecular formula is C16H20O2. The lowest BCUT2D eigenvalue weighted by molar-refractivity contribution is 0.149. The minimum Gasteiger partial charge on any atom is -0.464 e. The largest absolute Gasteiger partial charge is 0.464 e. The first-order valence-electron chi connectivity index (χ1n) is 6.39. The van der Waals surface area contributed by atoms with Crippen LogP contribution in [0.4, 0.5) is 0 Å². The molecule has 0 amide bonds. The first-order valence-corrected chi connectivity index (χ1v) is 6.39. The predicted octanol–water partition coefficient (Wildman–Crippen LogP) is 3.99. The molecular weight excluding hydrogens is 224 g/mol. The number of rotatable bonds is 4. The van der Waals surface area contributed by atoms with Gasteiger partial charge in [-0.15, -0.1) is 0 Å². The number of aliphatic hydroxyl groups is 1. The minimum absolute atomic E-state index is 0.539. The SMILES string of the molecule is Cc1ccc(C(O)Cc2ccc(C(C)C)cc2)o1. The second kappa shape index (κ2) is 5.40. The third-order valence-electron chi connectivity index (χ3n) is 3.17. The van der Waals surface area contributed by atoms with E-state index in [0.717, 1.165) is 11.3 Å². The van der Waals surface area contributed by atoms with E-state index in [1.165, 1.54) is 5.56 Å². The summed E-state index contributed by atoms with van der Waals surface area (Å²) in [6, 6.07) is 12.1. The Morgan fingerprint density at radius 3 is 2.22 bits per heavy atom. The summed E-state index contributed by atoms with van der Waals surface area (Å²) in [6.45, 7) is 6.23. The highest BCUT2D eigenvalue weighted by molar-refractivity contribution is 5.25. The van der Waals surface area contributed by atoms with E-state index in [2.05, 4.69) is 38.1 Å². The van der Waals surface area contributed by atoms with Gasteiger partial charge in [-0.2, -0.15) is 0 Å². The van der Waals surface area contributed by atoms with Gasteiger partial charge in [0.15, 0.2) is 0 Å². The van der Waals surface area contributed by atoms with Crippen molar-refractivity contribution in [3.8, 4) is 0 Å². The summed E-state index contributed by atoms with van der Waals surface area (Å²) in [5, 5.41) is 10.1. The quantitative estimate of drug-likeness (QED) is 0.882. The van der Waals surface area contributed by atoms with Crippen molar-refractivity contribution in [2.75, 3.05) is 0 Å². The lowest BCUT2D eigenvalue weighted by Crippen LogP contribution is -2.00. The third kappa shape index (κ3) is 3.02. The molecule has 1 heterocycles. The van der Waals surface area contributed by atoms with Gasteiger partial charge in [0, 0.05) is 6.42 Å². The maximum Gasteiger partial charge on any atom is 0.132 e. The van der Waals surface area contributed by atoms with E-state index >= 15 is 0 Å². The van der Waals surface area contributed by atoms with Crippen molar-refractivity contribution < 1.29 is 9.52 Å². The van der Waals surface area contributed by atoms with Crippen LogP contribution in [-0.4, -0.2) is 5.11 Å². The Bertz CT molecular complexity index is 494. The lowest BCUT2D eigenvalue weighted by atomic mass is 9.99. The molecule has 0 aliphatic rings. The van der Waals surface area contributed by atoms with Crippen LogP contribution >= 0.6 is 0 Å². The lowest BCUT2D eigenvalue weighted by Gasteiger charge is -2.10. The van der Waals surface area contributed by atoms with Crippen LogP contribution in [0.3, 0.4) is 0 Å². The number of hydrogen-bond donors (Lipinski definition) is 1. The standard InChI is InChI=1S/C16H20O2/c1-11(2)14-7-5-13(6-8-14)10-15(17)16-9-4-12(3)18-16/h4-9,11,15,17H,10H2,1-3H3. The second-order valence-corrected chi connectivity index (χ2v) is 5.06. The molecule has 2 heteroatoms. The summed E-state index contributed by atoms with van der Waals surface area (Å²) in [5.74, 6) is 2.01. The van der Waals surface area contributed by atoms with E-state index in [1.807, 2.05) is 19.1 Å². The number of aliphatic hydroxyl groups excluding tert-OH is 1. The molecule has 1 unspecified atom stereocenters. The normalized spacial score (nSPS) is 12.9. The highest BCUT2D eigenvalue weighted by Gasteiger charge is 2.12. The maximum absolute atomic E-state index is 10.1. The van der Waals surface area contributed by atoms with Crippen LogP contribution < -0.4 is 0 Å². The Labute approximate surface area is 108 Å². The fourth-order valence-corrected chi connectivity index (χ4v) is 1.99. The molecule has 0 bridgehead atoms. The van der Waals surface area contributed by atoms with Crippen molar-refractivity contribution in [3.05, 3.63) is 59.0 Å². The zero-order chi connectivity index (χ0) is 13.1. The molecule has 1 atom stereocenters. The van der Waals surface area contributed by atoms with Gasteiger partial charge in [-0.05, 0) is 36.1 Å². The summed E-state index contributed by atoms with van der Waals surface area (Å²) in [5.41, 5.74) is 2.45. The van der Waals surface area contributed by atoms with Crippen molar-refractivity contribution in [2.24, 2.45) is 0 Å². The van der Waals surface area contributed by atoms with Crippen LogP contribution in [0.15, 0.2) is 40.8 Å². The Hall–Kier alpha value is -1.54. The molecule has 18 heavy (non-hydrogen) atoms. The van der Waals surface area contributed by atoms with Gasteiger partial charge in [-0.1, -0.05) is 38.1 Å².